The predicted octanol–water partition coefficient (Wildman–Crippen LogP) is 0.470. The molecule has 1 rings (SSSR count). The Kier molecular flexibility index (Phi) is 3.11. The molecule has 0 aromatic heterocycles. The molecule has 3 atom stereocenters. The molecule has 58 valence electrons. The number of aliphatic hydroxyl groups excluding tert-OH is 1. The van der Waals surface area contributed by atoms with Gasteiger partial charge in [0.05, 0.1) is 0 Å². The first-order chi connectivity index (χ1) is 4.74. The van der Waals surface area contributed by atoms with Gasteiger partial charge in [-0.25, -0.2) is 0 Å². The number of thioether (sulfide) groups is 1. The van der Waals surface area contributed by atoms with Crippen molar-refractivity contribution >= 4 is 19.6 Å². The Morgan fingerprint density at radius 1 is 1.80 bits per heavy atom. The first-order valence-corrected chi connectivity index (χ1v) is 5.08. The van der Waals surface area contributed by atoms with E-state index in [4.69, 9.17) is 0 Å². The number of hydrogen-bond acceptors (Lipinski definition) is 2. The van der Waals surface area contributed by atoms with Crippen LogP contribution in [0.4, 0.5) is 0 Å². The zero-order valence-electron chi connectivity index (χ0n) is 6.71. The molecule has 1 unspecified atom stereocenters. The van der Waals surface area contributed by atoms with Crippen LogP contribution >= 0.6 is 11.8 Å². The van der Waals surface area contributed by atoms with Crippen LogP contribution < -0.4 is 0 Å². The van der Waals surface area contributed by atoms with Crippen molar-refractivity contribution in [3.05, 3.63) is 0 Å². The summed E-state index contributed by atoms with van der Waals surface area (Å²) in [4.78, 5) is 0. The minimum Gasteiger partial charge on any atom is -0.401 e. The first kappa shape index (κ1) is 8.47. The van der Waals surface area contributed by atoms with Crippen molar-refractivity contribution in [1.82, 2.24) is 0 Å². The van der Waals surface area contributed by atoms with Gasteiger partial charge in [-0.15, -0.1) is 0 Å². The van der Waals surface area contributed by atoms with E-state index in [1.807, 2.05) is 19.6 Å². The highest BCUT2D eigenvalue weighted by Crippen LogP contribution is 2.34. The van der Waals surface area contributed by atoms with E-state index in [0.717, 1.165) is 5.92 Å². The topological polar surface area (TPSA) is 20.2 Å². The lowest BCUT2D eigenvalue weighted by atomic mass is 9.91. The van der Waals surface area contributed by atoms with Gasteiger partial charge in [0.25, 0.3) is 0 Å². The second-order valence-corrected chi connectivity index (χ2v) is 4.39. The Hall–Kier alpha value is 0.375. The number of aliphatic hydroxyl groups is 1. The fraction of sp³-hybridized carbons (Fsp3) is 1.00. The van der Waals surface area contributed by atoms with Gasteiger partial charge in [0, 0.05) is 11.3 Å². The summed E-state index contributed by atoms with van der Waals surface area (Å²) in [5.74, 6) is 2.12. The minimum atomic E-state index is -0.110. The van der Waals surface area contributed by atoms with Crippen molar-refractivity contribution in [1.29, 1.82) is 0 Å². The summed E-state index contributed by atoms with van der Waals surface area (Å²) in [5, 5.41) is 9.76. The van der Waals surface area contributed by atoms with Crippen molar-refractivity contribution < 1.29 is 5.11 Å². The molecule has 1 aliphatic rings. The Labute approximate surface area is 68.0 Å². The van der Waals surface area contributed by atoms with Crippen molar-refractivity contribution in [3.63, 3.8) is 0 Å². The van der Waals surface area contributed by atoms with Gasteiger partial charge in [-0.2, -0.15) is 11.8 Å². The molecule has 1 saturated heterocycles. The van der Waals surface area contributed by atoms with Gasteiger partial charge < -0.3 is 5.11 Å². The molecule has 0 amide bonds. The van der Waals surface area contributed by atoms with Gasteiger partial charge in [-0.05, 0) is 18.1 Å². The van der Waals surface area contributed by atoms with Crippen LogP contribution in [0.1, 0.15) is 19.8 Å². The maximum atomic E-state index is 9.24. The van der Waals surface area contributed by atoms with E-state index in [1.54, 1.807) is 0 Å². The summed E-state index contributed by atoms with van der Waals surface area (Å²) in [6.45, 7) is 2.23. The van der Waals surface area contributed by atoms with Crippen LogP contribution in [0.3, 0.4) is 0 Å². The lowest BCUT2D eigenvalue weighted by Crippen LogP contribution is -2.20. The normalized spacial score (nSPS) is 36.2. The summed E-state index contributed by atoms with van der Waals surface area (Å²) in [5.41, 5.74) is 0. The highest BCUT2D eigenvalue weighted by Gasteiger charge is 2.26. The third kappa shape index (κ3) is 1.93. The predicted molar refractivity (Wildman–Crippen MR) is 49.2 cm³/mol. The highest BCUT2D eigenvalue weighted by molar-refractivity contribution is 8.00. The van der Waals surface area contributed by atoms with Crippen molar-refractivity contribution in [2.75, 3.05) is 5.75 Å². The molecular formula is C7H15BOS. The zero-order chi connectivity index (χ0) is 7.56. The fourth-order valence-electron chi connectivity index (χ4n) is 1.35. The van der Waals surface area contributed by atoms with E-state index in [0.29, 0.717) is 5.25 Å². The average Bonchev–Trinajstić information content (AvgIpc) is 2.34. The molecule has 1 fully saturated rings. The quantitative estimate of drug-likeness (QED) is 0.589. The van der Waals surface area contributed by atoms with Crippen LogP contribution in [-0.2, 0) is 0 Å². The van der Waals surface area contributed by atoms with E-state index in [2.05, 4.69) is 6.92 Å². The van der Waals surface area contributed by atoms with Crippen molar-refractivity contribution in [3.8, 4) is 0 Å². The van der Waals surface area contributed by atoms with E-state index >= 15 is 0 Å². The minimum absolute atomic E-state index is 0.110. The van der Waals surface area contributed by atoms with Crippen LogP contribution in [0, 0.1) is 5.92 Å². The van der Waals surface area contributed by atoms with Gasteiger partial charge in [-0.1, -0.05) is 13.3 Å². The summed E-state index contributed by atoms with van der Waals surface area (Å²) < 4.78 is 0. The molecule has 0 saturated carbocycles. The van der Waals surface area contributed by atoms with Crippen LogP contribution in [0.5, 0.6) is 0 Å². The maximum Gasteiger partial charge on any atom is 0.140 e. The summed E-state index contributed by atoms with van der Waals surface area (Å²) in [6.07, 6.45) is 2.50. The Morgan fingerprint density at radius 3 is 2.80 bits per heavy atom. The second kappa shape index (κ2) is 3.68. The summed E-state index contributed by atoms with van der Waals surface area (Å²) in [6, 6.07) is -0.110. The third-order valence-corrected chi connectivity index (χ3v) is 3.91. The van der Waals surface area contributed by atoms with Crippen LogP contribution in [0.15, 0.2) is 0 Å². The summed E-state index contributed by atoms with van der Waals surface area (Å²) >= 11 is 1.93. The van der Waals surface area contributed by atoms with E-state index in [9.17, 15) is 5.11 Å². The number of hydrogen-bond donors (Lipinski definition) is 1. The van der Waals surface area contributed by atoms with E-state index in [-0.39, 0.29) is 6.00 Å². The molecule has 3 heteroatoms. The van der Waals surface area contributed by atoms with Gasteiger partial charge >= 0.3 is 0 Å². The molecule has 1 heterocycles. The van der Waals surface area contributed by atoms with Crippen LogP contribution in [0.25, 0.3) is 0 Å². The van der Waals surface area contributed by atoms with Crippen molar-refractivity contribution in [2.45, 2.75) is 31.0 Å². The Bertz CT molecular complexity index is 108. The number of rotatable bonds is 2. The largest absolute Gasteiger partial charge is 0.401 e. The van der Waals surface area contributed by atoms with Crippen LogP contribution in [-0.4, -0.2) is 30.0 Å². The van der Waals surface area contributed by atoms with Gasteiger partial charge in [-0.3, -0.25) is 0 Å². The monoisotopic (exact) mass is 158 g/mol. The Balaban J connectivity index is 2.28. The molecule has 0 bridgehead atoms. The molecule has 0 aromatic rings. The molecule has 0 aliphatic carbocycles. The smallest absolute Gasteiger partial charge is 0.140 e. The fourth-order valence-corrected chi connectivity index (χ4v) is 2.92. The standard InChI is InChI=1S/C7H15BOS/c1-2-5-3-6(7(8)9)10-4-5/h5-7,9H,2-4,8H2,1H3/t5-,6?,7+/m0/s1. The molecule has 1 N–H and O–H groups in total. The van der Waals surface area contributed by atoms with E-state index in [1.165, 1.54) is 18.6 Å². The molecule has 10 heavy (non-hydrogen) atoms. The average molecular weight is 158 g/mol. The molecular weight excluding hydrogens is 143 g/mol. The van der Waals surface area contributed by atoms with Crippen LogP contribution in [0.2, 0.25) is 0 Å². The maximum absolute atomic E-state index is 9.24. The highest BCUT2D eigenvalue weighted by atomic mass is 32.2. The van der Waals surface area contributed by atoms with Gasteiger partial charge in [0.2, 0.25) is 0 Å². The van der Waals surface area contributed by atoms with E-state index < -0.39 is 0 Å². The van der Waals surface area contributed by atoms with Gasteiger partial charge in [0.1, 0.15) is 7.85 Å². The zero-order valence-corrected chi connectivity index (χ0v) is 7.53. The molecule has 1 aliphatic heterocycles. The first-order valence-electron chi connectivity index (χ1n) is 4.03. The Morgan fingerprint density at radius 2 is 2.50 bits per heavy atom. The van der Waals surface area contributed by atoms with Crippen molar-refractivity contribution in [2.24, 2.45) is 5.92 Å². The SMILES string of the molecule is B[C@H](O)C1C[C@H](CC)CS1. The van der Waals surface area contributed by atoms with Gasteiger partial charge in [0.15, 0.2) is 0 Å². The third-order valence-electron chi connectivity index (χ3n) is 2.23. The molecule has 0 aromatic carbocycles. The lowest BCUT2D eigenvalue weighted by molar-refractivity contribution is 0.244. The summed E-state index contributed by atoms with van der Waals surface area (Å²) in [7, 11) is 1.90. The molecule has 1 nitrogen and oxygen atoms in total. The lowest BCUT2D eigenvalue weighted by Gasteiger charge is -2.11. The second-order valence-electron chi connectivity index (χ2n) is 3.12. The molecule has 0 radical (unpaired) electrons. The molecule has 0 spiro atoms.